The molecule has 0 saturated carbocycles. The Labute approximate surface area is 142 Å². The minimum Gasteiger partial charge on any atom is -0.432 e. The number of hydrogen-bond acceptors (Lipinski definition) is 2. The Kier molecular flexibility index (Phi) is 4.92. The molecule has 0 spiro atoms. The van der Waals surface area contributed by atoms with Crippen LogP contribution < -0.4 is 5.46 Å². The van der Waals surface area contributed by atoms with Gasteiger partial charge in [-0.3, -0.25) is 0 Å². The van der Waals surface area contributed by atoms with Crippen molar-refractivity contribution in [3.63, 3.8) is 0 Å². The Bertz CT molecular complexity index is 671. The first-order chi connectivity index (χ1) is 10.5. The number of rotatable bonds is 5. The Hall–Kier alpha value is -1.33. The third-order valence-corrected chi connectivity index (χ3v) is 8.69. The van der Waals surface area contributed by atoms with Gasteiger partial charge in [-0.1, -0.05) is 50.5 Å². The Morgan fingerprint density at radius 2 is 1.83 bits per heavy atom. The van der Waals surface area contributed by atoms with E-state index in [9.17, 15) is 4.80 Å². The molecule has 5 heteroatoms. The van der Waals surface area contributed by atoms with Crippen molar-refractivity contribution in [2.24, 2.45) is 7.05 Å². The number of hydrogen-bond donors (Lipinski definition) is 1. The van der Waals surface area contributed by atoms with Crippen molar-refractivity contribution in [1.82, 2.24) is 9.55 Å². The van der Waals surface area contributed by atoms with Crippen LogP contribution in [0, 0.1) is 0 Å². The summed E-state index contributed by atoms with van der Waals surface area (Å²) in [5.41, 5.74) is 3.43. The highest BCUT2D eigenvalue weighted by Gasteiger charge is 2.39. The van der Waals surface area contributed by atoms with Crippen LogP contribution in [0.5, 0.6) is 0 Å². The van der Waals surface area contributed by atoms with Crippen LogP contribution in [-0.4, -0.2) is 30.5 Å². The molecule has 2 rings (SSSR count). The van der Waals surface area contributed by atoms with Crippen LogP contribution in [0.2, 0.25) is 18.1 Å². The summed E-state index contributed by atoms with van der Waals surface area (Å²) in [7, 11) is 1.96. The van der Waals surface area contributed by atoms with E-state index in [1.54, 1.807) is 0 Å². The predicted octanol–water partition coefficient (Wildman–Crippen LogP) is 2.82. The first-order valence-electron chi connectivity index (χ1n) is 8.34. The first-order valence-corrected chi connectivity index (χ1v) is 11.3. The molecular weight excluding hydrogens is 299 g/mol. The van der Waals surface area contributed by atoms with Gasteiger partial charge in [-0.25, -0.2) is 4.98 Å². The maximum Gasteiger partial charge on any atom is 0.188 e. The summed E-state index contributed by atoms with van der Waals surface area (Å²) in [5, 5.41) is -0.0393. The molecule has 124 valence electrons. The lowest BCUT2D eigenvalue weighted by Crippen LogP contribution is -2.39. The molecule has 2 aromatic rings. The molecule has 0 aliphatic rings. The molecule has 0 bridgehead atoms. The van der Waals surface area contributed by atoms with Crippen molar-refractivity contribution in [3.8, 4) is 11.3 Å². The summed E-state index contributed by atoms with van der Waals surface area (Å²) in [4.78, 5) is 15.4. The van der Waals surface area contributed by atoms with Gasteiger partial charge in [-0.05, 0) is 24.6 Å². The molecule has 0 aliphatic heterocycles. The van der Waals surface area contributed by atoms with Crippen LogP contribution >= 0.6 is 0 Å². The monoisotopic (exact) mass is 328 g/mol. The normalized spacial score (nSPS) is 14.0. The lowest BCUT2D eigenvalue weighted by atomic mass is 9.95. The van der Waals surface area contributed by atoms with Crippen molar-refractivity contribution in [1.29, 1.82) is 0 Å². The van der Waals surface area contributed by atoms with Gasteiger partial charge in [0, 0.05) is 24.7 Å². The van der Waals surface area contributed by atoms with Gasteiger partial charge >= 0.3 is 0 Å². The molecule has 0 radical (unpaired) electrons. The Morgan fingerprint density at radius 3 is 2.35 bits per heavy atom. The zero-order valence-corrected chi connectivity index (χ0v) is 16.5. The second kappa shape index (κ2) is 6.29. The highest BCUT2D eigenvalue weighted by molar-refractivity contribution is 6.72. The maximum atomic E-state index is 10.5. The average Bonchev–Trinajstić information content (AvgIpc) is 2.80. The van der Waals surface area contributed by atoms with Gasteiger partial charge in [-0.15, -0.1) is 0 Å². The van der Waals surface area contributed by atoms with Crippen LogP contribution in [0.1, 0.15) is 38.9 Å². The highest BCUT2D eigenvalue weighted by atomic mass is 28.4. The lowest BCUT2D eigenvalue weighted by molar-refractivity contribution is 0.422. The largest absolute Gasteiger partial charge is 0.432 e. The minimum absolute atomic E-state index is 0.0393. The number of imidazole rings is 1. The average molecular weight is 328 g/mol. The molecule has 1 aromatic carbocycles. The summed E-state index contributed by atoms with van der Waals surface area (Å²) < 4.78 is 2.13. The van der Waals surface area contributed by atoms with Gasteiger partial charge in [0.05, 0.1) is 5.69 Å². The maximum absolute atomic E-state index is 10.5. The van der Waals surface area contributed by atoms with Crippen molar-refractivity contribution < 1.29 is 4.80 Å². The van der Waals surface area contributed by atoms with Gasteiger partial charge in [0.25, 0.3) is 0 Å². The van der Waals surface area contributed by atoms with Gasteiger partial charge in [0.15, 0.2) is 8.32 Å². The number of nitrogens with zero attached hydrogens (tertiary/aromatic N) is 2. The second-order valence-corrected chi connectivity index (χ2v) is 12.5. The third-order valence-electron chi connectivity index (χ3n) is 5.17. The molecule has 1 heterocycles. The Balaban J connectivity index is 2.26. The zero-order valence-electron chi connectivity index (χ0n) is 15.5. The molecule has 0 aliphatic carbocycles. The smallest absolute Gasteiger partial charge is 0.188 e. The molecule has 1 unspecified atom stereocenters. The highest BCUT2D eigenvalue weighted by Crippen LogP contribution is 2.43. The van der Waals surface area contributed by atoms with Crippen molar-refractivity contribution in [2.45, 2.75) is 51.2 Å². The summed E-state index contributed by atoms with van der Waals surface area (Å²) in [6.45, 7) is 10.6. The van der Waals surface area contributed by atoms with E-state index in [-0.39, 0.29) is 5.04 Å². The summed E-state index contributed by atoms with van der Waals surface area (Å²) >= 11 is 0. The van der Waals surface area contributed by atoms with Crippen molar-refractivity contribution in [3.05, 3.63) is 36.3 Å². The van der Waals surface area contributed by atoms with E-state index in [0.29, 0.717) is 5.92 Å². The number of aromatic nitrogens is 2. The minimum atomic E-state index is -2.20. The van der Waals surface area contributed by atoms with E-state index in [1.807, 2.05) is 13.1 Å². The van der Waals surface area contributed by atoms with Crippen LogP contribution in [0.25, 0.3) is 11.3 Å². The van der Waals surface area contributed by atoms with E-state index in [1.165, 1.54) is 5.46 Å². The standard InChI is InChI=1S/C18H29BN2OSi/c1-13(11-18(2,3)23(5,6)22)17-20-16(12-21(17)4)14-7-9-15(19)10-8-14/h7-10,12-13,22H,11,19H2,1-6H3. The van der Waals surface area contributed by atoms with Crippen molar-refractivity contribution >= 4 is 21.6 Å². The fourth-order valence-corrected chi connectivity index (χ4v) is 3.71. The molecule has 0 saturated heterocycles. The molecule has 1 aromatic heterocycles. The van der Waals surface area contributed by atoms with E-state index in [0.717, 1.165) is 23.5 Å². The molecule has 0 fully saturated rings. The van der Waals surface area contributed by atoms with E-state index >= 15 is 0 Å². The van der Waals surface area contributed by atoms with Crippen LogP contribution in [-0.2, 0) is 7.05 Å². The second-order valence-electron chi connectivity index (χ2n) is 8.01. The molecule has 23 heavy (non-hydrogen) atoms. The topological polar surface area (TPSA) is 38.0 Å². The van der Waals surface area contributed by atoms with E-state index in [2.05, 4.69) is 70.7 Å². The SMILES string of the molecule is Bc1ccc(-c2cn(C)c(C(C)CC(C)(C)[Si](C)(C)O)n2)cc1. The third kappa shape index (κ3) is 3.96. The fourth-order valence-electron chi connectivity index (χ4n) is 2.91. The zero-order chi connectivity index (χ0) is 17.4. The molecule has 1 N–H and O–H groups in total. The van der Waals surface area contributed by atoms with E-state index in [4.69, 9.17) is 4.98 Å². The van der Waals surface area contributed by atoms with Gasteiger partial charge in [-0.2, -0.15) is 0 Å². The van der Waals surface area contributed by atoms with Gasteiger partial charge in [0.2, 0.25) is 0 Å². The van der Waals surface area contributed by atoms with Gasteiger partial charge < -0.3 is 9.36 Å². The number of benzene rings is 1. The summed E-state index contributed by atoms with van der Waals surface area (Å²) in [6, 6.07) is 8.49. The summed E-state index contributed by atoms with van der Waals surface area (Å²) in [6.07, 6.45) is 3.05. The Morgan fingerprint density at radius 1 is 1.26 bits per heavy atom. The molecule has 0 amide bonds. The molecular formula is C18H29BN2OSi. The van der Waals surface area contributed by atoms with E-state index < -0.39 is 8.32 Å². The number of aryl methyl sites for hydroxylation is 1. The van der Waals surface area contributed by atoms with Crippen LogP contribution in [0.3, 0.4) is 0 Å². The molecule has 1 atom stereocenters. The van der Waals surface area contributed by atoms with Crippen LogP contribution in [0.4, 0.5) is 0 Å². The first kappa shape index (κ1) is 18.0. The predicted molar refractivity (Wildman–Crippen MR) is 104 cm³/mol. The lowest BCUT2D eigenvalue weighted by Gasteiger charge is -2.36. The quantitative estimate of drug-likeness (QED) is 0.857. The molecule has 3 nitrogen and oxygen atoms in total. The van der Waals surface area contributed by atoms with Crippen molar-refractivity contribution in [2.75, 3.05) is 0 Å². The summed E-state index contributed by atoms with van der Waals surface area (Å²) in [5.74, 6) is 1.40. The fraction of sp³-hybridized carbons (Fsp3) is 0.500. The van der Waals surface area contributed by atoms with Crippen LogP contribution in [0.15, 0.2) is 30.5 Å². The van der Waals surface area contributed by atoms with Gasteiger partial charge in [0.1, 0.15) is 13.7 Å².